The van der Waals surface area contributed by atoms with Gasteiger partial charge in [-0.1, -0.05) is 11.2 Å². The molecular formula is C11H10N2O5. The molecule has 0 unspecified atom stereocenters. The summed E-state index contributed by atoms with van der Waals surface area (Å²) in [7, 11) is 0. The maximum atomic E-state index is 10.4. The van der Waals surface area contributed by atoms with Gasteiger partial charge in [0.1, 0.15) is 17.1 Å². The molecule has 0 atom stereocenters. The molecule has 1 heterocycles. The van der Waals surface area contributed by atoms with Crippen molar-refractivity contribution in [3.05, 3.63) is 24.1 Å². The lowest BCUT2D eigenvalue weighted by molar-refractivity contribution is -0.137. The molecule has 0 saturated carbocycles. The monoisotopic (exact) mass is 250 g/mol. The summed E-state index contributed by atoms with van der Waals surface area (Å²) >= 11 is 0. The third-order valence-electron chi connectivity index (χ3n) is 2.26. The van der Waals surface area contributed by atoms with Crippen LogP contribution < -0.4 is 0 Å². The Morgan fingerprint density at radius 3 is 2.56 bits per heavy atom. The van der Waals surface area contributed by atoms with Gasteiger partial charge in [-0.2, -0.15) is 4.98 Å². The highest BCUT2D eigenvalue weighted by molar-refractivity contribution is 5.70. The lowest BCUT2D eigenvalue weighted by Gasteiger charge is -2.01. The molecule has 94 valence electrons. The first-order chi connectivity index (χ1) is 8.58. The number of aromatic hydroxyl groups is 2. The third-order valence-corrected chi connectivity index (χ3v) is 2.26. The minimum Gasteiger partial charge on any atom is -0.507 e. The first-order valence-corrected chi connectivity index (χ1v) is 5.13. The van der Waals surface area contributed by atoms with Crippen molar-refractivity contribution in [3.8, 4) is 22.9 Å². The number of hydrogen-bond donors (Lipinski definition) is 3. The van der Waals surface area contributed by atoms with E-state index in [9.17, 15) is 15.0 Å². The van der Waals surface area contributed by atoms with Crippen molar-refractivity contribution < 1.29 is 24.6 Å². The summed E-state index contributed by atoms with van der Waals surface area (Å²) in [6.07, 6.45) is -0.0366. The molecular weight excluding hydrogens is 240 g/mol. The molecule has 0 saturated heterocycles. The van der Waals surface area contributed by atoms with Gasteiger partial charge in [-0.3, -0.25) is 4.79 Å². The van der Waals surface area contributed by atoms with Crippen LogP contribution in [0, 0.1) is 0 Å². The fourth-order valence-electron chi connectivity index (χ4n) is 1.43. The number of rotatable bonds is 4. The van der Waals surface area contributed by atoms with Gasteiger partial charge < -0.3 is 19.8 Å². The second-order valence-corrected chi connectivity index (χ2v) is 3.58. The number of aromatic nitrogens is 2. The van der Waals surface area contributed by atoms with Gasteiger partial charge >= 0.3 is 5.97 Å². The van der Waals surface area contributed by atoms with E-state index in [2.05, 4.69) is 10.1 Å². The van der Waals surface area contributed by atoms with Crippen LogP contribution in [0.2, 0.25) is 0 Å². The molecule has 0 spiro atoms. The van der Waals surface area contributed by atoms with Crippen LogP contribution >= 0.6 is 0 Å². The molecule has 2 rings (SSSR count). The second-order valence-electron chi connectivity index (χ2n) is 3.58. The van der Waals surface area contributed by atoms with Gasteiger partial charge in [-0.15, -0.1) is 0 Å². The van der Waals surface area contributed by atoms with Crippen molar-refractivity contribution in [1.29, 1.82) is 0 Å². The van der Waals surface area contributed by atoms with Crippen molar-refractivity contribution in [2.75, 3.05) is 0 Å². The number of phenols is 2. The van der Waals surface area contributed by atoms with Crippen LogP contribution in [0.25, 0.3) is 11.4 Å². The Balaban J connectivity index is 2.27. The molecule has 0 fully saturated rings. The van der Waals surface area contributed by atoms with Crippen LogP contribution in [-0.2, 0) is 11.2 Å². The van der Waals surface area contributed by atoms with Crippen LogP contribution in [0.5, 0.6) is 11.5 Å². The van der Waals surface area contributed by atoms with Crippen LogP contribution in [-0.4, -0.2) is 31.4 Å². The van der Waals surface area contributed by atoms with Gasteiger partial charge in [0.05, 0.1) is 6.42 Å². The Bertz CT molecular complexity index is 558. The number of carbonyl (C=O) groups is 1. The van der Waals surface area contributed by atoms with Gasteiger partial charge in [0.25, 0.3) is 0 Å². The fourth-order valence-corrected chi connectivity index (χ4v) is 1.43. The van der Waals surface area contributed by atoms with Gasteiger partial charge in [0, 0.05) is 6.42 Å². The number of carboxylic acids is 1. The number of nitrogens with zero attached hydrogens (tertiary/aromatic N) is 2. The molecule has 3 N–H and O–H groups in total. The van der Waals surface area contributed by atoms with Crippen LogP contribution in [0.1, 0.15) is 12.3 Å². The van der Waals surface area contributed by atoms with Crippen molar-refractivity contribution in [2.24, 2.45) is 0 Å². The maximum absolute atomic E-state index is 10.4. The molecule has 0 amide bonds. The van der Waals surface area contributed by atoms with Gasteiger partial charge in [0.15, 0.2) is 0 Å². The first kappa shape index (κ1) is 11.9. The highest BCUT2D eigenvalue weighted by Gasteiger charge is 2.16. The zero-order valence-corrected chi connectivity index (χ0v) is 9.20. The standard InChI is InChI=1S/C11H10N2O5/c14-6-2-1-3-7(15)10(6)11-12-8(18-13-11)4-5-9(16)17/h1-3,14-15H,4-5H2,(H,16,17). The summed E-state index contributed by atoms with van der Waals surface area (Å²) in [6, 6.07) is 4.23. The Hall–Kier alpha value is -2.57. The van der Waals surface area contributed by atoms with E-state index in [0.29, 0.717) is 0 Å². The van der Waals surface area contributed by atoms with E-state index in [-0.39, 0.29) is 41.6 Å². The van der Waals surface area contributed by atoms with Gasteiger partial charge in [-0.05, 0) is 12.1 Å². The Morgan fingerprint density at radius 1 is 1.28 bits per heavy atom. The Morgan fingerprint density at radius 2 is 1.94 bits per heavy atom. The molecule has 1 aromatic carbocycles. The summed E-state index contributed by atoms with van der Waals surface area (Å²) in [4.78, 5) is 14.3. The molecule has 0 radical (unpaired) electrons. The molecule has 0 bridgehead atoms. The number of aliphatic carboxylic acids is 1. The van der Waals surface area contributed by atoms with Crippen molar-refractivity contribution in [2.45, 2.75) is 12.8 Å². The summed E-state index contributed by atoms with van der Waals surface area (Å²) in [5.41, 5.74) is 0.0582. The van der Waals surface area contributed by atoms with Crippen molar-refractivity contribution in [3.63, 3.8) is 0 Å². The summed E-state index contributed by atoms with van der Waals surface area (Å²) in [5.74, 6) is -1.18. The predicted molar refractivity (Wildman–Crippen MR) is 59.0 cm³/mol. The van der Waals surface area contributed by atoms with Crippen molar-refractivity contribution in [1.82, 2.24) is 10.1 Å². The Kier molecular flexibility index (Phi) is 3.13. The van der Waals surface area contributed by atoms with Crippen LogP contribution in [0.3, 0.4) is 0 Å². The van der Waals surface area contributed by atoms with Gasteiger partial charge in [-0.25, -0.2) is 0 Å². The topological polar surface area (TPSA) is 117 Å². The molecule has 2 aromatic rings. The highest BCUT2D eigenvalue weighted by atomic mass is 16.5. The predicted octanol–water partition coefficient (Wildman–Crippen LogP) is 1.16. The van der Waals surface area contributed by atoms with Gasteiger partial charge in [0.2, 0.25) is 11.7 Å². The quantitative estimate of drug-likeness (QED) is 0.745. The zero-order chi connectivity index (χ0) is 13.1. The SMILES string of the molecule is O=C(O)CCc1nc(-c2c(O)cccc2O)no1. The van der Waals surface area contributed by atoms with E-state index in [1.54, 1.807) is 0 Å². The van der Waals surface area contributed by atoms with E-state index in [1.165, 1.54) is 18.2 Å². The first-order valence-electron chi connectivity index (χ1n) is 5.13. The molecule has 18 heavy (non-hydrogen) atoms. The lowest BCUT2D eigenvalue weighted by Crippen LogP contribution is -1.97. The Labute approximate surface area is 101 Å². The number of phenolic OH excluding ortho intramolecular Hbond substituents is 2. The summed E-state index contributed by atoms with van der Waals surface area (Å²) < 4.78 is 4.83. The smallest absolute Gasteiger partial charge is 0.303 e. The fraction of sp³-hybridized carbons (Fsp3) is 0.182. The molecule has 0 aliphatic heterocycles. The molecule has 1 aromatic heterocycles. The molecule has 0 aliphatic rings. The minimum absolute atomic E-state index is 0.0194. The molecule has 0 aliphatic carbocycles. The minimum atomic E-state index is -0.972. The zero-order valence-electron chi connectivity index (χ0n) is 9.20. The van der Waals surface area contributed by atoms with E-state index in [0.717, 1.165) is 0 Å². The average Bonchev–Trinajstić information content (AvgIpc) is 2.75. The highest BCUT2D eigenvalue weighted by Crippen LogP contribution is 2.34. The number of carboxylic acid groups (broad SMARTS) is 1. The number of aryl methyl sites for hydroxylation is 1. The van der Waals surface area contributed by atoms with Crippen LogP contribution in [0.15, 0.2) is 22.7 Å². The second kappa shape index (κ2) is 4.74. The number of benzene rings is 1. The summed E-state index contributed by atoms with van der Waals surface area (Å²) in [5, 5.41) is 31.3. The lowest BCUT2D eigenvalue weighted by atomic mass is 10.1. The maximum Gasteiger partial charge on any atom is 0.303 e. The largest absolute Gasteiger partial charge is 0.507 e. The third kappa shape index (κ3) is 2.40. The normalized spacial score (nSPS) is 10.4. The molecule has 7 heteroatoms. The van der Waals surface area contributed by atoms with E-state index in [1.807, 2.05) is 0 Å². The summed E-state index contributed by atoms with van der Waals surface area (Å²) in [6.45, 7) is 0. The molecule has 7 nitrogen and oxygen atoms in total. The van der Waals surface area contributed by atoms with Crippen molar-refractivity contribution >= 4 is 5.97 Å². The number of hydrogen-bond acceptors (Lipinski definition) is 6. The van der Waals surface area contributed by atoms with Crippen LogP contribution in [0.4, 0.5) is 0 Å². The van der Waals surface area contributed by atoms with E-state index >= 15 is 0 Å². The van der Waals surface area contributed by atoms with E-state index < -0.39 is 5.97 Å². The average molecular weight is 250 g/mol. The van der Waals surface area contributed by atoms with E-state index in [4.69, 9.17) is 9.63 Å².